The van der Waals surface area contributed by atoms with E-state index >= 15 is 0 Å². The number of piperazine rings is 1. The molecule has 0 bridgehead atoms. The number of aryl methyl sites for hydroxylation is 1. The van der Waals surface area contributed by atoms with E-state index in [1.54, 1.807) is 30.1 Å². The molecule has 4 aromatic rings. The number of hydrogen-bond acceptors (Lipinski definition) is 5. The maximum Gasteiger partial charge on any atom is 0.332 e. The van der Waals surface area contributed by atoms with Crippen molar-refractivity contribution < 1.29 is 4.79 Å². The smallest absolute Gasteiger partial charge is 0.332 e. The lowest BCUT2D eigenvalue weighted by atomic mass is 10.2. The van der Waals surface area contributed by atoms with Crippen molar-refractivity contribution in [2.45, 2.75) is 6.54 Å². The Labute approximate surface area is 222 Å². The van der Waals surface area contributed by atoms with Crippen molar-refractivity contribution in [2.24, 2.45) is 14.1 Å². The molecule has 1 aliphatic heterocycles. The number of hydrogen-bond donors (Lipinski definition) is 1. The largest absolute Gasteiger partial charge is 0.339 e. The highest BCUT2D eigenvalue weighted by molar-refractivity contribution is 6.42. The van der Waals surface area contributed by atoms with E-state index in [2.05, 4.69) is 5.32 Å². The van der Waals surface area contributed by atoms with Gasteiger partial charge < -0.3 is 15.1 Å². The number of benzene rings is 2. The summed E-state index contributed by atoms with van der Waals surface area (Å²) in [5, 5.41) is 3.63. The van der Waals surface area contributed by atoms with Gasteiger partial charge in [0.2, 0.25) is 5.95 Å². The number of fused-ring (bicyclic) bond motifs is 1. The summed E-state index contributed by atoms with van der Waals surface area (Å²) in [6, 6.07) is 14.5. The molecule has 0 aliphatic carbocycles. The molecule has 12 heteroatoms. The van der Waals surface area contributed by atoms with Crippen molar-refractivity contribution in [3.63, 3.8) is 0 Å². The molecule has 2 amide bonds. The lowest BCUT2D eigenvalue weighted by Gasteiger charge is -2.35. The molecule has 10 nitrogen and oxygen atoms in total. The van der Waals surface area contributed by atoms with Crippen LogP contribution in [-0.2, 0) is 20.6 Å². The minimum Gasteiger partial charge on any atom is -0.339 e. The van der Waals surface area contributed by atoms with Crippen molar-refractivity contribution >= 4 is 52.0 Å². The monoisotopic (exact) mass is 541 g/mol. The maximum absolute atomic E-state index is 13.2. The number of nitrogens with zero attached hydrogens (tertiary/aromatic N) is 6. The van der Waals surface area contributed by atoms with Crippen LogP contribution in [0.5, 0.6) is 0 Å². The predicted octanol–water partition coefficient (Wildman–Crippen LogP) is 3.14. The van der Waals surface area contributed by atoms with Gasteiger partial charge >= 0.3 is 11.7 Å². The highest BCUT2D eigenvalue weighted by atomic mass is 35.5. The number of imidazole rings is 1. The normalized spacial score (nSPS) is 13.8. The Kier molecular flexibility index (Phi) is 6.70. The summed E-state index contributed by atoms with van der Waals surface area (Å²) < 4.78 is 4.35. The molecule has 0 unspecified atom stereocenters. The number of rotatable bonds is 4. The van der Waals surface area contributed by atoms with Gasteiger partial charge in [-0.1, -0.05) is 53.5 Å². The molecule has 3 heterocycles. The van der Waals surface area contributed by atoms with E-state index in [1.807, 2.05) is 39.8 Å². The van der Waals surface area contributed by atoms with E-state index in [9.17, 15) is 14.4 Å². The first-order chi connectivity index (χ1) is 17.7. The lowest BCUT2D eigenvalue weighted by Crippen LogP contribution is -2.50. The Morgan fingerprint density at radius 2 is 1.65 bits per heavy atom. The molecule has 1 N–H and O–H groups in total. The number of carbonyl (C=O) groups excluding carboxylic acids is 1. The lowest BCUT2D eigenvalue weighted by molar-refractivity contribution is 0.208. The Bertz CT molecular complexity index is 1600. The van der Waals surface area contributed by atoms with E-state index in [4.69, 9.17) is 28.2 Å². The minimum absolute atomic E-state index is 0.243. The van der Waals surface area contributed by atoms with Gasteiger partial charge in [0.15, 0.2) is 11.2 Å². The summed E-state index contributed by atoms with van der Waals surface area (Å²) >= 11 is 12.0. The second kappa shape index (κ2) is 9.95. The van der Waals surface area contributed by atoms with E-state index < -0.39 is 11.2 Å². The number of halogens is 2. The van der Waals surface area contributed by atoms with Gasteiger partial charge in [0, 0.05) is 46.0 Å². The van der Waals surface area contributed by atoms with Gasteiger partial charge in [0.1, 0.15) is 0 Å². The maximum atomic E-state index is 13.2. The van der Waals surface area contributed by atoms with E-state index in [0.717, 1.165) is 10.1 Å². The number of anilines is 2. The average Bonchev–Trinajstić information content (AvgIpc) is 3.28. The Hall–Kier alpha value is -3.76. The molecular weight excluding hydrogens is 517 g/mol. The average molecular weight is 542 g/mol. The second-order valence-electron chi connectivity index (χ2n) is 8.89. The van der Waals surface area contributed by atoms with Crippen LogP contribution in [0.15, 0.2) is 58.1 Å². The molecule has 2 aromatic heterocycles. The quantitative estimate of drug-likeness (QED) is 0.428. The summed E-state index contributed by atoms with van der Waals surface area (Å²) in [4.78, 5) is 47.0. The van der Waals surface area contributed by atoms with Crippen LogP contribution in [0.3, 0.4) is 0 Å². The molecule has 1 aliphatic rings. The molecule has 0 radical (unpaired) electrons. The Morgan fingerprint density at radius 1 is 0.946 bits per heavy atom. The zero-order valence-corrected chi connectivity index (χ0v) is 21.8. The number of aromatic nitrogens is 4. The summed E-state index contributed by atoms with van der Waals surface area (Å²) in [6.45, 7) is 2.30. The Morgan fingerprint density at radius 3 is 2.32 bits per heavy atom. The molecule has 192 valence electrons. The molecule has 2 aromatic carbocycles. The minimum atomic E-state index is -0.433. The fourth-order valence-corrected chi connectivity index (χ4v) is 4.78. The first kappa shape index (κ1) is 24.9. The topological polar surface area (TPSA) is 97.4 Å². The number of carbonyl (C=O) groups is 1. The van der Waals surface area contributed by atoms with Crippen LogP contribution < -0.4 is 21.5 Å². The predicted molar refractivity (Wildman–Crippen MR) is 145 cm³/mol. The summed E-state index contributed by atoms with van der Waals surface area (Å²) in [7, 11) is 3.08. The zero-order valence-electron chi connectivity index (χ0n) is 20.3. The molecular formula is C25H25Cl2N7O3. The third kappa shape index (κ3) is 4.70. The summed E-state index contributed by atoms with van der Waals surface area (Å²) in [5.41, 5.74) is 1.42. The summed E-state index contributed by atoms with van der Waals surface area (Å²) in [5.74, 6) is 0.585. The first-order valence-electron chi connectivity index (χ1n) is 11.7. The standard InChI is InChI=1S/C25H25Cl2N7O3/c1-30-21-20(22(35)31(2)25(30)37)34(15-16-6-4-3-5-7-16)23(29-21)32-10-12-33(13-11-32)24(36)28-17-8-9-18(26)19(27)14-17/h3-9,14H,10-13,15H2,1-2H3,(H,28,36). The molecule has 0 saturated carbocycles. The molecule has 0 atom stereocenters. The third-order valence-electron chi connectivity index (χ3n) is 6.53. The van der Waals surface area contributed by atoms with Crippen LogP contribution in [0.2, 0.25) is 10.0 Å². The molecule has 5 rings (SSSR count). The highest BCUT2D eigenvalue weighted by Crippen LogP contribution is 2.26. The van der Waals surface area contributed by atoms with E-state index in [-0.39, 0.29) is 6.03 Å². The fraction of sp³-hybridized carbons (Fsp3) is 0.280. The molecule has 0 spiro atoms. The van der Waals surface area contributed by atoms with Crippen LogP contribution >= 0.6 is 23.2 Å². The molecule has 1 fully saturated rings. The SMILES string of the molecule is Cn1c(=O)c2c(nc(N3CCN(C(=O)Nc4ccc(Cl)c(Cl)c4)CC3)n2Cc2ccccc2)n(C)c1=O. The third-order valence-corrected chi connectivity index (χ3v) is 7.27. The van der Waals surface area contributed by atoms with E-state index in [0.29, 0.717) is 65.6 Å². The summed E-state index contributed by atoms with van der Waals surface area (Å²) in [6.07, 6.45) is 0. The number of nitrogens with one attached hydrogen (secondary N) is 1. The molecule has 1 saturated heterocycles. The van der Waals surface area contributed by atoms with E-state index in [1.165, 1.54) is 11.6 Å². The van der Waals surface area contributed by atoms with Crippen molar-refractivity contribution in [1.82, 2.24) is 23.6 Å². The van der Waals surface area contributed by atoms with Gasteiger partial charge in [-0.15, -0.1) is 0 Å². The van der Waals surface area contributed by atoms with Crippen molar-refractivity contribution in [2.75, 3.05) is 36.4 Å². The number of amides is 2. The second-order valence-corrected chi connectivity index (χ2v) is 9.71. The number of urea groups is 1. The zero-order chi connectivity index (χ0) is 26.3. The van der Waals surface area contributed by atoms with Gasteiger partial charge in [0.05, 0.1) is 16.6 Å². The van der Waals surface area contributed by atoms with Gasteiger partial charge in [-0.3, -0.25) is 18.5 Å². The van der Waals surface area contributed by atoms with Crippen LogP contribution in [0.4, 0.5) is 16.4 Å². The van der Waals surface area contributed by atoms with Crippen LogP contribution in [0.25, 0.3) is 11.2 Å². The van der Waals surface area contributed by atoms with Crippen molar-refractivity contribution in [3.8, 4) is 0 Å². The van der Waals surface area contributed by atoms with Crippen LogP contribution in [-0.4, -0.2) is 55.8 Å². The van der Waals surface area contributed by atoms with Crippen molar-refractivity contribution in [3.05, 3.63) is 85.0 Å². The Balaban J connectivity index is 1.43. The van der Waals surface area contributed by atoms with Crippen LogP contribution in [0.1, 0.15) is 5.56 Å². The van der Waals surface area contributed by atoms with Crippen LogP contribution in [0, 0.1) is 0 Å². The first-order valence-corrected chi connectivity index (χ1v) is 12.5. The van der Waals surface area contributed by atoms with Gasteiger partial charge in [-0.25, -0.2) is 9.59 Å². The molecule has 37 heavy (non-hydrogen) atoms. The van der Waals surface area contributed by atoms with Gasteiger partial charge in [-0.05, 0) is 23.8 Å². The van der Waals surface area contributed by atoms with Gasteiger partial charge in [-0.2, -0.15) is 4.98 Å². The fourth-order valence-electron chi connectivity index (χ4n) is 4.48. The van der Waals surface area contributed by atoms with Gasteiger partial charge in [0.25, 0.3) is 5.56 Å². The highest BCUT2D eigenvalue weighted by Gasteiger charge is 2.27. The van der Waals surface area contributed by atoms with Crippen molar-refractivity contribution in [1.29, 1.82) is 0 Å².